The van der Waals surface area contributed by atoms with Crippen molar-refractivity contribution < 1.29 is 14.7 Å². The third kappa shape index (κ3) is 2.93. The number of rotatable bonds is 4. The zero-order chi connectivity index (χ0) is 9.84. The van der Waals surface area contributed by atoms with E-state index >= 15 is 0 Å². The van der Waals surface area contributed by atoms with Gasteiger partial charge in [0.2, 0.25) is 0 Å². The van der Waals surface area contributed by atoms with Crippen LogP contribution in [0, 0.1) is 0 Å². The SMILES string of the molecule is O=C([O-])C[C@@H](Br)C(=O)c1cccs1. The number of thiophene rings is 1. The van der Waals surface area contributed by atoms with Gasteiger partial charge in [-0.3, -0.25) is 4.79 Å². The predicted molar refractivity (Wildman–Crippen MR) is 51.0 cm³/mol. The van der Waals surface area contributed by atoms with Crippen molar-refractivity contribution in [1.29, 1.82) is 0 Å². The molecule has 1 heterocycles. The van der Waals surface area contributed by atoms with Gasteiger partial charge in [0.25, 0.3) is 0 Å². The Morgan fingerprint density at radius 3 is 2.77 bits per heavy atom. The molecule has 0 aromatic carbocycles. The second kappa shape index (κ2) is 4.53. The lowest BCUT2D eigenvalue weighted by Gasteiger charge is -2.07. The van der Waals surface area contributed by atoms with E-state index in [9.17, 15) is 14.7 Å². The van der Waals surface area contributed by atoms with Crippen LogP contribution in [0.3, 0.4) is 0 Å². The van der Waals surface area contributed by atoms with Crippen molar-refractivity contribution in [2.75, 3.05) is 0 Å². The van der Waals surface area contributed by atoms with Gasteiger partial charge in [0.05, 0.1) is 9.70 Å². The molecule has 0 aliphatic rings. The molecule has 5 heteroatoms. The lowest BCUT2D eigenvalue weighted by atomic mass is 10.2. The van der Waals surface area contributed by atoms with Gasteiger partial charge in [-0.2, -0.15) is 0 Å². The van der Waals surface area contributed by atoms with E-state index in [1.807, 2.05) is 0 Å². The summed E-state index contributed by atoms with van der Waals surface area (Å²) >= 11 is 4.30. The van der Waals surface area contributed by atoms with Crippen molar-refractivity contribution >= 4 is 39.0 Å². The third-order valence-electron chi connectivity index (χ3n) is 1.39. The van der Waals surface area contributed by atoms with Gasteiger partial charge in [0.1, 0.15) is 0 Å². The molecule has 0 N–H and O–H groups in total. The maximum Gasteiger partial charge on any atom is 0.186 e. The third-order valence-corrected chi connectivity index (χ3v) is 3.02. The first kappa shape index (κ1) is 10.4. The Hall–Kier alpha value is -0.680. The number of carbonyl (C=O) groups is 2. The fraction of sp³-hybridized carbons (Fsp3) is 0.250. The second-order valence-corrected chi connectivity index (χ2v) is 4.44. The first-order valence-electron chi connectivity index (χ1n) is 3.53. The second-order valence-electron chi connectivity index (χ2n) is 2.39. The van der Waals surface area contributed by atoms with Crippen molar-refractivity contribution in [3.63, 3.8) is 0 Å². The maximum atomic E-state index is 11.4. The summed E-state index contributed by atoms with van der Waals surface area (Å²) in [6.07, 6.45) is -0.295. The van der Waals surface area contributed by atoms with E-state index in [0.29, 0.717) is 4.88 Å². The molecule has 1 rings (SSSR count). The summed E-state index contributed by atoms with van der Waals surface area (Å²) < 4.78 is 0. The highest BCUT2D eigenvalue weighted by atomic mass is 79.9. The first-order chi connectivity index (χ1) is 6.11. The molecule has 0 saturated heterocycles. The average molecular weight is 262 g/mol. The highest BCUT2D eigenvalue weighted by Crippen LogP contribution is 2.17. The summed E-state index contributed by atoms with van der Waals surface area (Å²) in [5.41, 5.74) is 0. The van der Waals surface area contributed by atoms with Gasteiger partial charge in [-0.05, 0) is 11.4 Å². The lowest BCUT2D eigenvalue weighted by Crippen LogP contribution is -2.28. The standard InChI is InChI=1S/C8H7BrO3S/c9-5(4-7(10)11)8(12)6-2-1-3-13-6/h1-3,5H,4H2,(H,10,11)/p-1/t5-/m1/s1. The molecular weight excluding hydrogens is 256 g/mol. The molecule has 70 valence electrons. The normalized spacial score (nSPS) is 12.4. The molecule has 0 aliphatic heterocycles. The van der Waals surface area contributed by atoms with Crippen LogP contribution in [-0.4, -0.2) is 16.6 Å². The van der Waals surface area contributed by atoms with Gasteiger partial charge >= 0.3 is 0 Å². The van der Waals surface area contributed by atoms with Crippen molar-refractivity contribution in [2.45, 2.75) is 11.2 Å². The predicted octanol–water partition coefficient (Wildman–Crippen LogP) is 0.834. The Morgan fingerprint density at radius 2 is 2.31 bits per heavy atom. The van der Waals surface area contributed by atoms with Gasteiger partial charge < -0.3 is 9.90 Å². The van der Waals surface area contributed by atoms with Crippen LogP contribution in [0.15, 0.2) is 17.5 Å². The number of Topliss-reactive ketones (excluding diaryl/α,β-unsaturated/α-hetero) is 1. The fourth-order valence-corrected chi connectivity index (χ4v) is 2.19. The minimum absolute atomic E-state index is 0.209. The number of carbonyl (C=O) groups excluding carboxylic acids is 2. The summed E-state index contributed by atoms with van der Waals surface area (Å²) in [5, 5.41) is 12.0. The molecule has 0 unspecified atom stereocenters. The van der Waals surface area contributed by atoms with Crippen molar-refractivity contribution in [3.05, 3.63) is 22.4 Å². The van der Waals surface area contributed by atoms with Gasteiger partial charge in [-0.1, -0.05) is 22.0 Å². The molecule has 1 aromatic rings. The van der Waals surface area contributed by atoms with Crippen LogP contribution in [0.25, 0.3) is 0 Å². The Morgan fingerprint density at radius 1 is 1.62 bits per heavy atom. The summed E-state index contributed by atoms with van der Waals surface area (Å²) in [4.78, 5) is 21.5. The van der Waals surface area contributed by atoms with E-state index in [-0.39, 0.29) is 12.2 Å². The van der Waals surface area contributed by atoms with Gasteiger partial charge in [-0.15, -0.1) is 11.3 Å². The van der Waals surface area contributed by atoms with Crippen LogP contribution in [-0.2, 0) is 4.79 Å². The zero-order valence-electron chi connectivity index (χ0n) is 6.53. The average Bonchev–Trinajstić information content (AvgIpc) is 2.53. The molecule has 1 atom stereocenters. The quantitative estimate of drug-likeness (QED) is 0.596. The van der Waals surface area contributed by atoms with E-state index in [0.717, 1.165) is 0 Å². The Bertz CT molecular complexity index is 307. The van der Waals surface area contributed by atoms with E-state index in [1.54, 1.807) is 17.5 Å². The Kier molecular flexibility index (Phi) is 3.62. The van der Waals surface area contributed by atoms with Crippen LogP contribution in [0.4, 0.5) is 0 Å². The van der Waals surface area contributed by atoms with Gasteiger partial charge in [0, 0.05) is 12.4 Å². The fourth-order valence-electron chi connectivity index (χ4n) is 0.812. The number of hydrogen-bond donors (Lipinski definition) is 0. The zero-order valence-corrected chi connectivity index (χ0v) is 8.93. The maximum absolute atomic E-state index is 11.4. The number of aliphatic carboxylic acids is 1. The molecule has 0 spiro atoms. The number of ketones is 1. The summed E-state index contributed by atoms with van der Waals surface area (Å²) in [6, 6.07) is 3.41. The summed E-state index contributed by atoms with van der Waals surface area (Å²) in [7, 11) is 0. The smallest absolute Gasteiger partial charge is 0.186 e. The van der Waals surface area contributed by atoms with Crippen molar-refractivity contribution in [1.82, 2.24) is 0 Å². The van der Waals surface area contributed by atoms with Crippen LogP contribution < -0.4 is 5.11 Å². The molecule has 1 aromatic heterocycles. The van der Waals surface area contributed by atoms with E-state index < -0.39 is 10.8 Å². The van der Waals surface area contributed by atoms with E-state index in [4.69, 9.17) is 0 Å². The molecule has 0 bridgehead atoms. The topological polar surface area (TPSA) is 57.2 Å². The van der Waals surface area contributed by atoms with Crippen molar-refractivity contribution in [3.8, 4) is 0 Å². The number of alkyl halides is 1. The molecule has 0 aliphatic carbocycles. The largest absolute Gasteiger partial charge is 0.550 e. The molecule has 0 radical (unpaired) electrons. The van der Waals surface area contributed by atoms with Crippen LogP contribution in [0.2, 0.25) is 0 Å². The Balaban J connectivity index is 2.63. The van der Waals surface area contributed by atoms with Crippen LogP contribution >= 0.6 is 27.3 Å². The molecule has 0 amide bonds. The molecule has 3 nitrogen and oxygen atoms in total. The van der Waals surface area contributed by atoms with Crippen LogP contribution in [0.1, 0.15) is 16.1 Å². The number of carboxylic acid groups (broad SMARTS) is 1. The minimum atomic E-state index is -1.23. The van der Waals surface area contributed by atoms with Gasteiger partial charge in [0.15, 0.2) is 5.78 Å². The van der Waals surface area contributed by atoms with E-state index in [2.05, 4.69) is 15.9 Å². The highest BCUT2D eigenvalue weighted by molar-refractivity contribution is 9.10. The monoisotopic (exact) mass is 261 g/mol. The highest BCUT2D eigenvalue weighted by Gasteiger charge is 2.17. The van der Waals surface area contributed by atoms with Crippen molar-refractivity contribution in [2.24, 2.45) is 0 Å². The molecule has 0 saturated carbocycles. The van der Waals surface area contributed by atoms with Crippen LogP contribution in [0.5, 0.6) is 0 Å². The molecule has 0 fully saturated rings. The lowest BCUT2D eigenvalue weighted by molar-refractivity contribution is -0.305. The summed E-state index contributed by atoms with van der Waals surface area (Å²) in [6.45, 7) is 0. The first-order valence-corrected chi connectivity index (χ1v) is 5.32. The number of hydrogen-bond acceptors (Lipinski definition) is 4. The van der Waals surface area contributed by atoms with E-state index in [1.165, 1.54) is 11.3 Å². The molecular formula is C8H6BrO3S-. The Labute approximate surface area is 87.5 Å². The summed E-state index contributed by atoms with van der Waals surface area (Å²) in [5.74, 6) is -1.44. The number of halogens is 1. The van der Waals surface area contributed by atoms with Gasteiger partial charge in [-0.25, -0.2) is 0 Å². The minimum Gasteiger partial charge on any atom is -0.550 e. The molecule has 13 heavy (non-hydrogen) atoms. The number of carboxylic acids is 1.